The number of alkyl carbamates (subject to hydrolysis) is 1. The second-order valence-electron chi connectivity index (χ2n) is 9.91. The van der Waals surface area contributed by atoms with Gasteiger partial charge in [-0.3, -0.25) is 0 Å². The van der Waals surface area contributed by atoms with E-state index < -0.39 is 5.60 Å². The van der Waals surface area contributed by atoms with E-state index >= 15 is 0 Å². The Balaban J connectivity index is 1.46. The molecule has 5 nitrogen and oxygen atoms in total. The van der Waals surface area contributed by atoms with E-state index in [-0.39, 0.29) is 6.09 Å². The maximum absolute atomic E-state index is 11.7. The van der Waals surface area contributed by atoms with Gasteiger partial charge in [-0.1, -0.05) is 37.5 Å². The predicted octanol–water partition coefficient (Wildman–Crippen LogP) is 5.66. The number of fused-ring (bicyclic) bond motifs is 1. The molecule has 0 saturated carbocycles. The number of nitrogens with one attached hydrogen (secondary N) is 2. The molecule has 3 rings (SSSR count). The molecule has 1 aromatic carbocycles. The summed E-state index contributed by atoms with van der Waals surface area (Å²) in [5.74, 6) is 0.674. The van der Waals surface area contributed by atoms with Crippen LogP contribution in [0.4, 0.5) is 4.79 Å². The van der Waals surface area contributed by atoms with Crippen molar-refractivity contribution in [2.45, 2.75) is 83.7 Å². The third kappa shape index (κ3) is 6.73. The highest BCUT2D eigenvalue weighted by Gasteiger charge is 2.24. The second kappa shape index (κ2) is 11.0. The van der Waals surface area contributed by atoms with Crippen LogP contribution in [0.5, 0.6) is 0 Å². The first kappa shape index (κ1) is 23.6. The summed E-state index contributed by atoms with van der Waals surface area (Å²) >= 11 is 0. The number of amides is 1. The Morgan fingerprint density at radius 3 is 2.52 bits per heavy atom. The molecule has 0 radical (unpaired) electrons. The van der Waals surface area contributed by atoms with Crippen molar-refractivity contribution in [2.24, 2.45) is 7.05 Å². The van der Waals surface area contributed by atoms with Crippen molar-refractivity contribution in [3.05, 3.63) is 35.5 Å². The minimum atomic E-state index is -0.432. The molecule has 0 aliphatic carbocycles. The number of benzene rings is 1. The molecular weight excluding hydrogens is 386 g/mol. The molecule has 2 aromatic rings. The number of carbonyl (C=O) groups excluding carboxylic acids is 1. The van der Waals surface area contributed by atoms with Crippen LogP contribution in [-0.2, 0) is 18.2 Å². The number of hydrogen-bond donors (Lipinski definition) is 2. The topological polar surface area (TPSA) is 55.3 Å². The van der Waals surface area contributed by atoms with E-state index in [1.54, 1.807) is 11.3 Å². The summed E-state index contributed by atoms with van der Waals surface area (Å²) in [6.07, 6.45) is 9.16. The number of piperidine rings is 1. The van der Waals surface area contributed by atoms with E-state index in [9.17, 15) is 4.79 Å². The fourth-order valence-electron chi connectivity index (χ4n) is 4.83. The van der Waals surface area contributed by atoms with Gasteiger partial charge in [0.15, 0.2) is 0 Å². The van der Waals surface area contributed by atoms with Gasteiger partial charge in [-0.05, 0) is 77.6 Å². The average molecular weight is 428 g/mol. The van der Waals surface area contributed by atoms with Gasteiger partial charge >= 0.3 is 6.09 Å². The van der Waals surface area contributed by atoms with Crippen LogP contribution < -0.4 is 10.6 Å². The van der Waals surface area contributed by atoms with Crippen LogP contribution in [0.25, 0.3) is 10.9 Å². The maximum Gasteiger partial charge on any atom is 0.407 e. The van der Waals surface area contributed by atoms with Crippen LogP contribution in [-0.4, -0.2) is 35.9 Å². The van der Waals surface area contributed by atoms with Gasteiger partial charge in [0.05, 0.1) is 0 Å². The fraction of sp³-hybridized carbons (Fsp3) is 0.654. The van der Waals surface area contributed by atoms with E-state index in [4.69, 9.17) is 4.74 Å². The second-order valence-corrected chi connectivity index (χ2v) is 9.91. The quantitative estimate of drug-likeness (QED) is 0.508. The summed E-state index contributed by atoms with van der Waals surface area (Å²) in [7, 11) is 2.25. The number of para-hydroxylation sites is 1. The van der Waals surface area contributed by atoms with Crippen molar-refractivity contribution < 1.29 is 9.53 Å². The predicted molar refractivity (Wildman–Crippen MR) is 129 cm³/mol. The molecule has 0 spiro atoms. The zero-order chi connectivity index (χ0) is 22.3. The minimum absolute atomic E-state index is 0.311. The van der Waals surface area contributed by atoms with E-state index in [0.29, 0.717) is 12.5 Å². The molecule has 1 aliphatic heterocycles. The van der Waals surface area contributed by atoms with Crippen LogP contribution >= 0.6 is 0 Å². The Bertz CT molecular complexity index is 844. The van der Waals surface area contributed by atoms with Gasteiger partial charge in [0.2, 0.25) is 0 Å². The number of aryl methyl sites for hydroxylation is 2. The van der Waals surface area contributed by atoms with E-state index in [1.807, 2.05) is 20.8 Å². The van der Waals surface area contributed by atoms with Crippen LogP contribution in [0.15, 0.2) is 24.3 Å². The van der Waals surface area contributed by atoms with Crippen molar-refractivity contribution in [3.63, 3.8) is 0 Å². The Morgan fingerprint density at radius 2 is 1.77 bits per heavy atom. The first-order valence-corrected chi connectivity index (χ1v) is 12.1. The Labute approximate surface area is 187 Å². The summed E-state index contributed by atoms with van der Waals surface area (Å²) in [5, 5.41) is 7.81. The third-order valence-electron chi connectivity index (χ3n) is 6.26. The lowest BCUT2D eigenvalue weighted by Crippen LogP contribution is -2.32. The number of nitrogens with zero attached hydrogens (tertiary/aromatic N) is 1. The van der Waals surface area contributed by atoms with Gasteiger partial charge in [0.1, 0.15) is 5.60 Å². The zero-order valence-electron chi connectivity index (χ0n) is 19.9. The van der Waals surface area contributed by atoms with Crippen molar-refractivity contribution in [3.8, 4) is 0 Å². The smallest absolute Gasteiger partial charge is 0.407 e. The molecule has 5 heteroatoms. The number of aromatic nitrogens is 1. The fourth-order valence-corrected chi connectivity index (χ4v) is 4.83. The summed E-state index contributed by atoms with van der Waals surface area (Å²) < 4.78 is 7.74. The molecule has 1 aromatic heterocycles. The number of carbonyl (C=O) groups is 1. The molecule has 172 valence electrons. The van der Waals surface area contributed by atoms with Crippen molar-refractivity contribution in [1.29, 1.82) is 0 Å². The maximum atomic E-state index is 11.7. The largest absolute Gasteiger partial charge is 0.444 e. The molecule has 1 fully saturated rings. The summed E-state index contributed by atoms with van der Waals surface area (Å²) in [4.78, 5) is 11.7. The number of unbranched alkanes of at least 4 members (excludes halogenated alkanes) is 4. The first-order valence-electron chi connectivity index (χ1n) is 12.1. The van der Waals surface area contributed by atoms with Gasteiger partial charge < -0.3 is 19.9 Å². The molecule has 0 atom stereocenters. The summed E-state index contributed by atoms with van der Waals surface area (Å²) in [6.45, 7) is 8.61. The molecule has 2 N–H and O–H groups in total. The standard InChI is InChI=1S/C26H41N3O2/c1-26(2,3)31-25(30)28-17-11-7-5-6-8-13-22-21-12-9-10-14-23(21)29(4)24(22)20-15-18-27-19-16-20/h9-10,12,14,20,27H,5-8,11,13,15-19H2,1-4H3,(H,28,30). The van der Waals surface area contributed by atoms with Gasteiger partial charge in [-0.25, -0.2) is 4.79 Å². The van der Waals surface area contributed by atoms with Gasteiger partial charge in [-0.15, -0.1) is 0 Å². The molecule has 2 heterocycles. The molecule has 0 unspecified atom stereocenters. The van der Waals surface area contributed by atoms with Crippen molar-refractivity contribution in [2.75, 3.05) is 19.6 Å². The number of ether oxygens (including phenoxy) is 1. The summed E-state index contributed by atoms with van der Waals surface area (Å²) in [6, 6.07) is 8.90. The molecule has 31 heavy (non-hydrogen) atoms. The highest BCUT2D eigenvalue weighted by molar-refractivity contribution is 5.85. The monoisotopic (exact) mass is 427 g/mol. The minimum Gasteiger partial charge on any atom is -0.444 e. The van der Waals surface area contributed by atoms with Crippen molar-refractivity contribution in [1.82, 2.24) is 15.2 Å². The molecule has 0 bridgehead atoms. The molecule has 1 aliphatic rings. The summed E-state index contributed by atoms with van der Waals surface area (Å²) in [5.41, 5.74) is 4.10. The first-order chi connectivity index (χ1) is 14.9. The number of hydrogen-bond acceptors (Lipinski definition) is 3. The Hall–Kier alpha value is -2.01. The molecular formula is C26H41N3O2. The van der Waals surface area contributed by atoms with Crippen molar-refractivity contribution >= 4 is 17.0 Å². The van der Waals surface area contributed by atoms with E-state index in [0.717, 1.165) is 32.4 Å². The lowest BCUT2D eigenvalue weighted by molar-refractivity contribution is 0.0527. The van der Waals surface area contributed by atoms with E-state index in [2.05, 4.69) is 46.5 Å². The number of rotatable bonds is 9. The highest BCUT2D eigenvalue weighted by atomic mass is 16.6. The normalized spacial score (nSPS) is 15.4. The van der Waals surface area contributed by atoms with Gasteiger partial charge in [0, 0.05) is 36.1 Å². The van der Waals surface area contributed by atoms with Crippen LogP contribution in [0.2, 0.25) is 0 Å². The molecule has 1 amide bonds. The Morgan fingerprint density at radius 1 is 1.10 bits per heavy atom. The van der Waals surface area contributed by atoms with Crippen LogP contribution in [0, 0.1) is 0 Å². The lowest BCUT2D eigenvalue weighted by atomic mass is 9.89. The zero-order valence-corrected chi connectivity index (χ0v) is 19.9. The highest BCUT2D eigenvalue weighted by Crippen LogP contribution is 2.35. The average Bonchev–Trinajstić information content (AvgIpc) is 3.01. The van der Waals surface area contributed by atoms with Crippen LogP contribution in [0.1, 0.15) is 82.9 Å². The third-order valence-corrected chi connectivity index (χ3v) is 6.26. The lowest BCUT2D eigenvalue weighted by Gasteiger charge is -2.25. The molecule has 1 saturated heterocycles. The van der Waals surface area contributed by atoms with E-state index in [1.165, 1.54) is 43.0 Å². The SMILES string of the molecule is Cn1c(C2CCNCC2)c(CCCCCCCNC(=O)OC(C)(C)C)c2ccccc21. The van der Waals surface area contributed by atoms with Gasteiger partial charge in [0.25, 0.3) is 0 Å². The van der Waals surface area contributed by atoms with Gasteiger partial charge in [-0.2, -0.15) is 0 Å². The van der Waals surface area contributed by atoms with Crippen LogP contribution in [0.3, 0.4) is 0 Å². The Kier molecular flexibility index (Phi) is 8.42.